The Morgan fingerprint density at radius 1 is 0.886 bits per heavy atom. The van der Waals surface area contributed by atoms with Crippen LogP contribution in [0.2, 0.25) is 0 Å². The van der Waals surface area contributed by atoms with Crippen LogP contribution in [0.1, 0.15) is 11.1 Å². The molecular formula is C25H22N6O4. The average Bonchev–Trinajstić information content (AvgIpc) is 3.51. The second-order valence-corrected chi connectivity index (χ2v) is 8.05. The van der Waals surface area contributed by atoms with Gasteiger partial charge in [-0.3, -0.25) is 0 Å². The molecule has 1 aliphatic rings. The van der Waals surface area contributed by atoms with Crippen LogP contribution in [0.15, 0.2) is 49.1 Å². The zero-order chi connectivity index (χ0) is 23.8. The van der Waals surface area contributed by atoms with Gasteiger partial charge in [0.05, 0.1) is 25.1 Å². The van der Waals surface area contributed by atoms with E-state index in [0.29, 0.717) is 28.9 Å². The van der Waals surface area contributed by atoms with Crippen LogP contribution in [0.25, 0.3) is 21.9 Å². The maximum absolute atomic E-state index is 5.47. The maximum Gasteiger partial charge on any atom is 0.231 e. The molecule has 0 unspecified atom stereocenters. The van der Waals surface area contributed by atoms with Gasteiger partial charge in [0, 0.05) is 23.8 Å². The van der Waals surface area contributed by atoms with E-state index in [1.807, 2.05) is 36.7 Å². The molecule has 6 rings (SSSR count). The predicted molar refractivity (Wildman–Crippen MR) is 130 cm³/mol. The maximum atomic E-state index is 5.47. The molecule has 0 radical (unpaired) electrons. The Morgan fingerprint density at radius 2 is 1.66 bits per heavy atom. The van der Waals surface area contributed by atoms with Gasteiger partial charge in [-0.1, -0.05) is 6.07 Å². The Labute approximate surface area is 200 Å². The number of aromatic amines is 1. The van der Waals surface area contributed by atoms with Crippen molar-refractivity contribution in [3.63, 3.8) is 0 Å². The quantitative estimate of drug-likeness (QED) is 0.361. The number of benzene rings is 2. The largest absolute Gasteiger partial charge is 0.493 e. The zero-order valence-electron chi connectivity index (χ0n) is 19.2. The summed E-state index contributed by atoms with van der Waals surface area (Å²) in [7, 11) is 3.21. The standard InChI is InChI=1S/C25H22N6O4/c1-32-19-8-16-17(9-20(19)33-2)30-23-22(16)24(29-12-28-23)31-25-26-10-15(11-27-25)4-3-14-5-6-18-21(7-14)35-13-34-18/h5-12H,3-4,13H2,1-2H3,(H2,26,27,28,29,30,31). The van der Waals surface area contributed by atoms with Gasteiger partial charge in [0.25, 0.3) is 0 Å². The van der Waals surface area contributed by atoms with Crippen molar-refractivity contribution in [2.24, 2.45) is 0 Å². The van der Waals surface area contributed by atoms with E-state index in [1.165, 1.54) is 11.9 Å². The summed E-state index contributed by atoms with van der Waals surface area (Å²) in [5.74, 6) is 3.89. The summed E-state index contributed by atoms with van der Waals surface area (Å²) in [5.41, 5.74) is 3.75. The van der Waals surface area contributed by atoms with Crippen molar-refractivity contribution in [1.29, 1.82) is 0 Å². The number of hydrogen-bond donors (Lipinski definition) is 2. The second-order valence-electron chi connectivity index (χ2n) is 8.05. The number of nitrogens with zero attached hydrogens (tertiary/aromatic N) is 4. The first-order valence-electron chi connectivity index (χ1n) is 11.1. The van der Waals surface area contributed by atoms with Crippen LogP contribution >= 0.6 is 0 Å². The molecule has 0 spiro atoms. The van der Waals surface area contributed by atoms with Crippen molar-refractivity contribution in [3.05, 3.63) is 60.2 Å². The molecule has 0 saturated carbocycles. The van der Waals surface area contributed by atoms with Crippen LogP contribution in [0.5, 0.6) is 23.0 Å². The first-order valence-corrected chi connectivity index (χ1v) is 11.1. The topological polar surface area (TPSA) is 116 Å². The molecule has 10 heteroatoms. The van der Waals surface area contributed by atoms with Gasteiger partial charge >= 0.3 is 0 Å². The number of hydrogen-bond acceptors (Lipinski definition) is 9. The smallest absolute Gasteiger partial charge is 0.231 e. The van der Waals surface area contributed by atoms with Gasteiger partial charge in [-0.2, -0.15) is 0 Å². The van der Waals surface area contributed by atoms with Crippen molar-refractivity contribution in [3.8, 4) is 23.0 Å². The monoisotopic (exact) mass is 470 g/mol. The van der Waals surface area contributed by atoms with E-state index < -0.39 is 0 Å². The highest BCUT2D eigenvalue weighted by molar-refractivity contribution is 6.12. The van der Waals surface area contributed by atoms with E-state index in [-0.39, 0.29) is 6.79 Å². The summed E-state index contributed by atoms with van der Waals surface area (Å²) in [6.07, 6.45) is 6.80. The number of ether oxygens (including phenoxy) is 4. The lowest BCUT2D eigenvalue weighted by molar-refractivity contribution is 0.174. The molecule has 0 aliphatic carbocycles. The van der Waals surface area contributed by atoms with Crippen molar-refractivity contribution < 1.29 is 18.9 Å². The van der Waals surface area contributed by atoms with E-state index in [0.717, 1.165) is 46.2 Å². The van der Waals surface area contributed by atoms with Gasteiger partial charge < -0.3 is 29.2 Å². The predicted octanol–water partition coefficient (Wildman–Crippen LogP) is 4.18. The SMILES string of the molecule is COc1cc2[nH]c3ncnc(Nc4ncc(CCc5ccc6c(c5)OCO6)cn4)c3c2cc1OC. The van der Waals surface area contributed by atoms with E-state index in [4.69, 9.17) is 18.9 Å². The summed E-state index contributed by atoms with van der Waals surface area (Å²) in [6, 6.07) is 9.80. The van der Waals surface area contributed by atoms with E-state index in [2.05, 4.69) is 36.3 Å². The van der Waals surface area contributed by atoms with Gasteiger partial charge in [0.1, 0.15) is 17.8 Å². The van der Waals surface area contributed by atoms with Gasteiger partial charge in [-0.15, -0.1) is 0 Å². The van der Waals surface area contributed by atoms with Gasteiger partial charge in [0.15, 0.2) is 23.0 Å². The molecule has 0 atom stereocenters. The number of aryl methyl sites for hydroxylation is 2. The van der Waals surface area contributed by atoms with E-state index in [1.54, 1.807) is 14.2 Å². The fourth-order valence-electron chi connectivity index (χ4n) is 4.19. The highest BCUT2D eigenvalue weighted by Crippen LogP contribution is 2.37. The van der Waals surface area contributed by atoms with E-state index in [9.17, 15) is 0 Å². The lowest BCUT2D eigenvalue weighted by atomic mass is 10.1. The molecule has 176 valence electrons. The Kier molecular flexibility index (Phi) is 5.17. The van der Waals surface area contributed by atoms with Gasteiger partial charge in [-0.25, -0.2) is 19.9 Å². The number of rotatable bonds is 7. The normalized spacial score (nSPS) is 12.3. The van der Waals surface area contributed by atoms with E-state index >= 15 is 0 Å². The van der Waals surface area contributed by atoms with Crippen molar-refractivity contribution in [1.82, 2.24) is 24.9 Å². The molecule has 3 aromatic heterocycles. The number of nitrogens with one attached hydrogen (secondary N) is 2. The first-order chi connectivity index (χ1) is 17.2. The number of H-pyrrole nitrogens is 1. The molecule has 4 heterocycles. The Morgan fingerprint density at radius 3 is 2.49 bits per heavy atom. The zero-order valence-corrected chi connectivity index (χ0v) is 19.2. The summed E-state index contributed by atoms with van der Waals surface area (Å²) in [5, 5.41) is 4.95. The third-order valence-electron chi connectivity index (χ3n) is 5.97. The number of methoxy groups -OCH3 is 2. The minimum atomic E-state index is 0.278. The highest BCUT2D eigenvalue weighted by atomic mass is 16.7. The third-order valence-corrected chi connectivity index (χ3v) is 5.97. The molecule has 10 nitrogen and oxygen atoms in total. The molecule has 0 amide bonds. The van der Waals surface area contributed by atoms with Crippen LogP contribution in [0.3, 0.4) is 0 Å². The molecule has 0 bridgehead atoms. The molecule has 35 heavy (non-hydrogen) atoms. The Balaban J connectivity index is 1.23. The minimum Gasteiger partial charge on any atom is -0.493 e. The van der Waals surface area contributed by atoms with Crippen molar-refractivity contribution >= 4 is 33.7 Å². The average molecular weight is 470 g/mol. The molecule has 1 aliphatic heterocycles. The molecule has 0 saturated heterocycles. The lowest BCUT2D eigenvalue weighted by Gasteiger charge is -2.08. The second kappa shape index (κ2) is 8.64. The molecule has 2 N–H and O–H groups in total. The highest BCUT2D eigenvalue weighted by Gasteiger charge is 2.16. The van der Waals surface area contributed by atoms with Crippen molar-refractivity contribution in [2.75, 3.05) is 26.3 Å². The third kappa shape index (κ3) is 3.88. The van der Waals surface area contributed by atoms with Crippen LogP contribution in [-0.4, -0.2) is 45.9 Å². The Hall–Kier alpha value is -4.60. The number of anilines is 2. The van der Waals surface area contributed by atoms with Gasteiger partial charge in [-0.05, 0) is 42.2 Å². The summed E-state index contributed by atoms with van der Waals surface area (Å²) < 4.78 is 21.7. The number of aromatic nitrogens is 5. The molecule has 0 fully saturated rings. The molecule has 2 aromatic carbocycles. The Bertz CT molecular complexity index is 1530. The summed E-state index contributed by atoms with van der Waals surface area (Å²) >= 11 is 0. The van der Waals surface area contributed by atoms with Crippen LogP contribution in [0, 0.1) is 0 Å². The fourth-order valence-corrected chi connectivity index (χ4v) is 4.19. The summed E-state index contributed by atoms with van der Waals surface area (Å²) in [4.78, 5) is 21.1. The molecular weight excluding hydrogens is 448 g/mol. The lowest BCUT2D eigenvalue weighted by Crippen LogP contribution is -2.01. The van der Waals surface area contributed by atoms with Crippen molar-refractivity contribution in [2.45, 2.75) is 12.8 Å². The summed E-state index contributed by atoms with van der Waals surface area (Å²) in [6.45, 7) is 0.278. The molecule has 5 aromatic rings. The minimum absolute atomic E-state index is 0.278. The van der Waals surface area contributed by atoms with Crippen LogP contribution < -0.4 is 24.3 Å². The first kappa shape index (κ1) is 21.0. The van der Waals surface area contributed by atoms with Crippen LogP contribution in [-0.2, 0) is 12.8 Å². The number of fused-ring (bicyclic) bond motifs is 4. The fraction of sp³-hybridized carbons (Fsp3) is 0.200. The van der Waals surface area contributed by atoms with Gasteiger partial charge in [0.2, 0.25) is 12.7 Å². The van der Waals surface area contributed by atoms with Crippen LogP contribution in [0.4, 0.5) is 11.8 Å².